The van der Waals surface area contributed by atoms with Crippen LogP contribution in [0.15, 0.2) is 51.7 Å². The number of hydrogen-bond donors (Lipinski definition) is 2. The van der Waals surface area contributed by atoms with Crippen molar-refractivity contribution < 1.29 is 19.1 Å². The highest BCUT2D eigenvalue weighted by Crippen LogP contribution is 2.16. The van der Waals surface area contributed by atoms with E-state index in [1.54, 1.807) is 0 Å². The third-order valence-corrected chi connectivity index (χ3v) is 4.27. The number of nitrogens with one attached hydrogen (secondary N) is 1. The zero-order valence-corrected chi connectivity index (χ0v) is 14.9. The smallest absolute Gasteiger partial charge is 0.420 e. The van der Waals surface area contributed by atoms with Crippen molar-refractivity contribution in [1.29, 1.82) is 0 Å². The number of aromatic carboxylic acids is 1. The molecule has 0 aliphatic rings. The predicted molar refractivity (Wildman–Crippen MR) is 101 cm³/mol. The van der Waals surface area contributed by atoms with Crippen LogP contribution in [-0.2, 0) is 17.8 Å². The molecule has 2 aromatic carbocycles. The molecule has 3 aromatic rings. The zero-order chi connectivity index (χ0) is 19.4. The van der Waals surface area contributed by atoms with Gasteiger partial charge in [-0.2, -0.15) is 0 Å². The first-order valence-corrected chi connectivity index (χ1v) is 8.73. The standard InChI is InChI=1S/C20H20N2O5/c1-2-3-4-13-5-8-15(9-6-13)21-18(23)12-22-16-10-7-14(19(24)25)11-17(16)27-20(22)26/h5-11H,2-4,12H2,1H3,(H,21,23)(H,24,25). The largest absolute Gasteiger partial charge is 0.478 e. The molecule has 7 nitrogen and oxygen atoms in total. The van der Waals surface area contributed by atoms with Crippen LogP contribution in [0, 0.1) is 0 Å². The lowest BCUT2D eigenvalue weighted by Crippen LogP contribution is -2.24. The van der Waals surface area contributed by atoms with Crippen molar-refractivity contribution in [1.82, 2.24) is 4.57 Å². The molecule has 0 radical (unpaired) electrons. The van der Waals surface area contributed by atoms with E-state index in [4.69, 9.17) is 9.52 Å². The van der Waals surface area contributed by atoms with Crippen LogP contribution in [0.25, 0.3) is 11.1 Å². The molecule has 1 aromatic heterocycles. The zero-order valence-electron chi connectivity index (χ0n) is 14.9. The monoisotopic (exact) mass is 368 g/mol. The molecule has 3 rings (SSSR count). The molecule has 1 amide bonds. The summed E-state index contributed by atoms with van der Waals surface area (Å²) in [6.45, 7) is 1.91. The number of amides is 1. The normalized spacial score (nSPS) is 10.9. The van der Waals surface area contributed by atoms with Crippen LogP contribution < -0.4 is 11.1 Å². The highest BCUT2D eigenvalue weighted by molar-refractivity contribution is 5.93. The van der Waals surface area contributed by atoms with Gasteiger partial charge in [0.25, 0.3) is 0 Å². The van der Waals surface area contributed by atoms with Crippen LogP contribution in [0.3, 0.4) is 0 Å². The van der Waals surface area contributed by atoms with Crippen LogP contribution in [-0.4, -0.2) is 21.6 Å². The number of aryl methyl sites for hydroxylation is 1. The lowest BCUT2D eigenvalue weighted by molar-refractivity contribution is -0.116. The lowest BCUT2D eigenvalue weighted by Gasteiger charge is -2.07. The Morgan fingerprint density at radius 3 is 2.56 bits per heavy atom. The fourth-order valence-electron chi connectivity index (χ4n) is 2.83. The van der Waals surface area contributed by atoms with Gasteiger partial charge in [-0.05, 0) is 48.7 Å². The minimum atomic E-state index is -1.12. The third-order valence-electron chi connectivity index (χ3n) is 4.27. The van der Waals surface area contributed by atoms with Crippen molar-refractivity contribution in [3.05, 3.63) is 64.1 Å². The number of carboxylic acid groups (broad SMARTS) is 1. The Bertz CT molecular complexity index is 1030. The fraction of sp³-hybridized carbons (Fsp3) is 0.250. The van der Waals surface area contributed by atoms with E-state index in [9.17, 15) is 14.4 Å². The molecule has 0 aliphatic carbocycles. The van der Waals surface area contributed by atoms with Crippen molar-refractivity contribution >= 4 is 28.7 Å². The van der Waals surface area contributed by atoms with Crippen molar-refractivity contribution in [2.45, 2.75) is 32.7 Å². The SMILES string of the molecule is CCCCc1ccc(NC(=O)Cn2c(=O)oc3cc(C(=O)O)ccc32)cc1. The number of unbranched alkanes of at least 4 members (excludes halogenated alkanes) is 1. The second-order valence-electron chi connectivity index (χ2n) is 6.29. The molecule has 27 heavy (non-hydrogen) atoms. The average Bonchev–Trinajstić information content (AvgIpc) is 2.95. The summed E-state index contributed by atoms with van der Waals surface area (Å²) in [4.78, 5) is 35.3. The minimum Gasteiger partial charge on any atom is -0.478 e. The van der Waals surface area contributed by atoms with Crippen LogP contribution in [0.4, 0.5) is 5.69 Å². The summed E-state index contributed by atoms with van der Waals surface area (Å²) in [5.74, 6) is -2.20. The third kappa shape index (κ3) is 4.25. The van der Waals surface area contributed by atoms with Crippen molar-refractivity contribution in [3.63, 3.8) is 0 Å². The topological polar surface area (TPSA) is 102 Å². The number of rotatable bonds is 7. The molecule has 0 unspecified atom stereocenters. The summed E-state index contributed by atoms with van der Waals surface area (Å²) in [6.07, 6.45) is 3.24. The number of benzene rings is 2. The van der Waals surface area contributed by atoms with Crippen molar-refractivity contribution in [2.24, 2.45) is 0 Å². The summed E-state index contributed by atoms with van der Waals surface area (Å²) in [7, 11) is 0. The molecule has 0 atom stereocenters. The molecule has 0 aliphatic heterocycles. The minimum absolute atomic E-state index is 0.0102. The molecule has 0 fully saturated rings. The fourth-order valence-corrected chi connectivity index (χ4v) is 2.83. The number of carboxylic acids is 1. The van der Waals surface area contributed by atoms with E-state index >= 15 is 0 Å². The molecule has 7 heteroatoms. The van der Waals surface area contributed by atoms with Gasteiger partial charge in [-0.1, -0.05) is 25.5 Å². The number of carbonyl (C=O) groups excluding carboxylic acids is 1. The first-order valence-electron chi connectivity index (χ1n) is 8.73. The van der Waals surface area contributed by atoms with Gasteiger partial charge in [-0.15, -0.1) is 0 Å². The van der Waals surface area contributed by atoms with Crippen LogP contribution in [0.1, 0.15) is 35.7 Å². The molecule has 2 N–H and O–H groups in total. The number of fused-ring (bicyclic) bond motifs is 1. The summed E-state index contributed by atoms with van der Waals surface area (Å²) >= 11 is 0. The number of nitrogens with zero attached hydrogens (tertiary/aromatic N) is 1. The van der Waals surface area contributed by atoms with Crippen molar-refractivity contribution in [2.75, 3.05) is 5.32 Å². The van der Waals surface area contributed by atoms with Gasteiger partial charge in [0.05, 0.1) is 11.1 Å². The van der Waals surface area contributed by atoms with Gasteiger partial charge in [0.15, 0.2) is 5.58 Å². The molecular weight excluding hydrogens is 348 g/mol. The van der Waals surface area contributed by atoms with Gasteiger partial charge in [0.2, 0.25) is 5.91 Å². The van der Waals surface area contributed by atoms with Gasteiger partial charge in [-0.25, -0.2) is 9.59 Å². The quantitative estimate of drug-likeness (QED) is 0.666. The Balaban J connectivity index is 1.73. The Hall–Kier alpha value is -3.35. The predicted octanol–water partition coefficient (Wildman–Crippen LogP) is 3.27. The van der Waals surface area contributed by atoms with Gasteiger partial charge in [-0.3, -0.25) is 9.36 Å². The maximum atomic E-state index is 12.3. The summed E-state index contributed by atoms with van der Waals surface area (Å²) in [5.41, 5.74) is 2.37. The highest BCUT2D eigenvalue weighted by Gasteiger charge is 2.15. The van der Waals surface area contributed by atoms with Crippen molar-refractivity contribution in [3.8, 4) is 0 Å². The number of hydrogen-bond acceptors (Lipinski definition) is 4. The Kier molecular flexibility index (Phi) is 5.40. The van der Waals surface area contributed by atoms with E-state index in [0.29, 0.717) is 11.2 Å². The number of carbonyl (C=O) groups is 2. The van der Waals surface area contributed by atoms with E-state index < -0.39 is 11.7 Å². The molecule has 1 heterocycles. The number of aromatic nitrogens is 1. The molecular formula is C20H20N2O5. The lowest BCUT2D eigenvalue weighted by atomic mass is 10.1. The second-order valence-corrected chi connectivity index (χ2v) is 6.29. The number of anilines is 1. The first kappa shape index (κ1) is 18.4. The molecule has 0 bridgehead atoms. The average molecular weight is 368 g/mol. The maximum absolute atomic E-state index is 12.3. The van der Waals surface area contributed by atoms with Gasteiger partial charge in [0, 0.05) is 5.69 Å². The van der Waals surface area contributed by atoms with Gasteiger partial charge < -0.3 is 14.8 Å². The highest BCUT2D eigenvalue weighted by atomic mass is 16.4. The summed E-state index contributed by atoms with van der Waals surface area (Å²) < 4.78 is 6.23. The van der Waals surface area contributed by atoms with Gasteiger partial charge in [0.1, 0.15) is 6.54 Å². The van der Waals surface area contributed by atoms with E-state index in [1.807, 2.05) is 24.3 Å². The van der Waals surface area contributed by atoms with Crippen LogP contribution >= 0.6 is 0 Å². The molecule has 140 valence electrons. The summed E-state index contributed by atoms with van der Waals surface area (Å²) in [5, 5.41) is 11.8. The number of oxazole rings is 1. The van der Waals surface area contributed by atoms with E-state index in [2.05, 4.69) is 12.2 Å². The van der Waals surface area contributed by atoms with Crippen LogP contribution in [0.5, 0.6) is 0 Å². The second kappa shape index (κ2) is 7.90. The van der Waals surface area contributed by atoms with Gasteiger partial charge >= 0.3 is 11.7 Å². The summed E-state index contributed by atoms with van der Waals surface area (Å²) in [6, 6.07) is 11.7. The molecule has 0 saturated heterocycles. The van der Waals surface area contributed by atoms with E-state index in [1.165, 1.54) is 28.3 Å². The van der Waals surface area contributed by atoms with Crippen LogP contribution in [0.2, 0.25) is 0 Å². The molecule has 0 saturated carbocycles. The van der Waals surface area contributed by atoms with E-state index in [-0.39, 0.29) is 23.6 Å². The Morgan fingerprint density at radius 1 is 1.15 bits per heavy atom. The maximum Gasteiger partial charge on any atom is 0.420 e. The molecule has 0 spiro atoms. The Morgan fingerprint density at radius 2 is 1.89 bits per heavy atom. The van der Waals surface area contributed by atoms with E-state index in [0.717, 1.165) is 19.3 Å². The Labute approximate surface area is 155 Å². The first-order chi connectivity index (χ1) is 13.0.